The van der Waals surface area contributed by atoms with Crippen LogP contribution in [0.4, 0.5) is 0 Å². The maximum atomic E-state index is 13.5. The van der Waals surface area contributed by atoms with E-state index in [4.69, 9.17) is 4.74 Å². The van der Waals surface area contributed by atoms with E-state index in [1.165, 1.54) is 12.5 Å². The summed E-state index contributed by atoms with van der Waals surface area (Å²) in [5, 5.41) is 43.1. The van der Waals surface area contributed by atoms with Crippen LogP contribution in [0.15, 0.2) is 23.3 Å². The second kappa shape index (κ2) is 13.6. The second-order valence-corrected chi connectivity index (χ2v) is 19.6. The van der Waals surface area contributed by atoms with Gasteiger partial charge in [0.1, 0.15) is 23.6 Å². The van der Waals surface area contributed by atoms with Crippen molar-refractivity contribution >= 4 is 34.9 Å². The molecule has 55 heavy (non-hydrogen) atoms. The van der Waals surface area contributed by atoms with Crippen LogP contribution in [-0.2, 0) is 33.5 Å². The first-order valence-electron chi connectivity index (χ1n) is 20.6. The number of aliphatic hydroxyl groups excluding tert-OH is 2. The molecule has 0 amide bonds. The van der Waals surface area contributed by atoms with Crippen molar-refractivity contribution in [3.05, 3.63) is 23.3 Å². The number of aliphatic hydroxyl groups is 4. The molecule has 6 saturated carbocycles. The summed E-state index contributed by atoms with van der Waals surface area (Å²) in [5.41, 5.74) is -2.91. The molecule has 8 aliphatic carbocycles. The average Bonchev–Trinajstić information content (AvgIpc) is 3.56. The van der Waals surface area contributed by atoms with Crippen molar-refractivity contribution in [2.45, 2.75) is 142 Å². The molecule has 0 saturated heterocycles. The highest BCUT2D eigenvalue weighted by Crippen LogP contribution is 2.69. The Hall–Kier alpha value is -2.86. The zero-order chi connectivity index (χ0) is 40.1. The highest BCUT2D eigenvalue weighted by molar-refractivity contribution is 5.95. The highest BCUT2D eigenvalue weighted by Gasteiger charge is 2.70. The Morgan fingerprint density at radius 1 is 0.727 bits per heavy atom. The van der Waals surface area contributed by atoms with Crippen molar-refractivity contribution in [2.24, 2.45) is 57.2 Å². The first-order valence-corrected chi connectivity index (χ1v) is 20.6. The third-order valence-corrected chi connectivity index (χ3v) is 17.3. The van der Waals surface area contributed by atoms with E-state index in [9.17, 15) is 49.2 Å². The van der Waals surface area contributed by atoms with Gasteiger partial charge in [0, 0.05) is 42.9 Å². The minimum atomic E-state index is -1.65. The smallest absolute Gasteiger partial charge is 0.303 e. The molecule has 4 N–H and O–H groups in total. The predicted octanol–water partition coefficient (Wildman–Crippen LogP) is 4.34. The van der Waals surface area contributed by atoms with Crippen LogP contribution in [-0.4, -0.2) is 85.8 Å². The number of esters is 1. The lowest BCUT2D eigenvalue weighted by Gasteiger charge is -2.60. The number of Topliss-reactive ketones (excluding diaryl/α,β-unsaturated/α-hetero) is 3. The third-order valence-electron chi connectivity index (χ3n) is 17.3. The molecule has 13 atom stereocenters. The molecule has 0 heterocycles. The number of hydrogen-bond donors (Lipinski definition) is 4. The van der Waals surface area contributed by atoms with Crippen LogP contribution in [0.2, 0.25) is 0 Å². The van der Waals surface area contributed by atoms with Crippen molar-refractivity contribution in [3.8, 4) is 0 Å². The lowest BCUT2D eigenvalue weighted by atomic mass is 9.45. The zero-order valence-corrected chi connectivity index (χ0v) is 33.2. The second-order valence-electron chi connectivity index (χ2n) is 19.6. The van der Waals surface area contributed by atoms with E-state index in [-0.39, 0.29) is 70.1 Å². The molecule has 8 rings (SSSR count). The van der Waals surface area contributed by atoms with Crippen LogP contribution in [0.25, 0.3) is 0 Å². The summed E-state index contributed by atoms with van der Waals surface area (Å²) in [6, 6.07) is 0. The molecule has 0 aromatic rings. The van der Waals surface area contributed by atoms with E-state index in [1.54, 1.807) is 12.2 Å². The van der Waals surface area contributed by atoms with Crippen molar-refractivity contribution in [1.29, 1.82) is 0 Å². The summed E-state index contributed by atoms with van der Waals surface area (Å²) < 4.78 is 4.86. The van der Waals surface area contributed by atoms with E-state index >= 15 is 0 Å². The van der Waals surface area contributed by atoms with Crippen LogP contribution in [0.1, 0.15) is 125 Å². The number of carbonyl (C=O) groups excluding carboxylic acids is 6. The Bertz CT molecular complexity index is 1760. The van der Waals surface area contributed by atoms with E-state index in [0.717, 1.165) is 44.1 Å². The molecule has 8 aliphatic rings. The van der Waals surface area contributed by atoms with Gasteiger partial charge in [-0.25, -0.2) is 0 Å². The largest absolute Gasteiger partial charge is 0.458 e. The fraction of sp³-hybridized carbons (Fsp3) is 0.773. The van der Waals surface area contributed by atoms with E-state index in [2.05, 4.69) is 13.8 Å². The van der Waals surface area contributed by atoms with Crippen LogP contribution in [0.3, 0.4) is 0 Å². The van der Waals surface area contributed by atoms with Crippen molar-refractivity contribution in [2.75, 3.05) is 13.2 Å². The van der Waals surface area contributed by atoms with Gasteiger partial charge in [0.2, 0.25) is 5.78 Å². The van der Waals surface area contributed by atoms with Crippen LogP contribution >= 0.6 is 0 Å². The van der Waals surface area contributed by atoms with Gasteiger partial charge < -0.3 is 25.2 Å². The number of carbonyl (C=O) groups is 6. The summed E-state index contributed by atoms with van der Waals surface area (Å²) in [7, 11) is 0. The summed E-state index contributed by atoms with van der Waals surface area (Å²) in [5.74, 6) is -0.671. The van der Waals surface area contributed by atoms with Crippen molar-refractivity contribution in [3.63, 3.8) is 0 Å². The van der Waals surface area contributed by atoms with Crippen molar-refractivity contribution < 1.29 is 53.9 Å². The van der Waals surface area contributed by atoms with Gasteiger partial charge in [-0.2, -0.15) is 0 Å². The number of hydrogen-bond acceptors (Lipinski definition) is 11. The van der Waals surface area contributed by atoms with Gasteiger partial charge in [-0.15, -0.1) is 0 Å². The van der Waals surface area contributed by atoms with Gasteiger partial charge in [-0.05, 0) is 123 Å². The molecule has 0 aromatic heterocycles. The predicted molar refractivity (Wildman–Crippen MR) is 199 cm³/mol. The molecule has 0 aliphatic heterocycles. The minimum absolute atomic E-state index is 0.0625. The fourth-order valence-electron chi connectivity index (χ4n) is 14.4. The monoisotopic (exact) mass is 764 g/mol. The van der Waals surface area contributed by atoms with E-state index < -0.39 is 58.9 Å². The Morgan fingerprint density at radius 3 is 1.84 bits per heavy atom. The molecule has 6 fully saturated rings. The van der Waals surface area contributed by atoms with Gasteiger partial charge in [0.25, 0.3) is 0 Å². The molecule has 0 spiro atoms. The first-order chi connectivity index (χ1) is 25.7. The van der Waals surface area contributed by atoms with Crippen LogP contribution in [0, 0.1) is 57.2 Å². The minimum Gasteiger partial charge on any atom is -0.458 e. The van der Waals surface area contributed by atoms with Gasteiger partial charge in [0.15, 0.2) is 24.0 Å². The van der Waals surface area contributed by atoms with Gasteiger partial charge in [-0.3, -0.25) is 28.8 Å². The molecular formula is C44H60O11. The number of rotatable bonds is 5. The molecule has 0 radical (unpaired) electrons. The molecule has 11 heteroatoms. The Balaban J connectivity index is 0.000000170. The molecule has 0 unspecified atom stereocenters. The highest BCUT2D eigenvalue weighted by atomic mass is 16.5. The maximum absolute atomic E-state index is 13.5. The number of fused-ring (bicyclic) bond motifs is 10. The lowest BCUT2D eigenvalue weighted by molar-refractivity contribution is -0.182. The normalized spacial score (nSPS) is 46.9. The molecular weight excluding hydrogens is 704 g/mol. The molecule has 0 bridgehead atoms. The topological polar surface area (TPSA) is 193 Å². The average molecular weight is 765 g/mol. The summed E-state index contributed by atoms with van der Waals surface area (Å²) >= 11 is 0. The van der Waals surface area contributed by atoms with Crippen LogP contribution in [0.5, 0.6) is 0 Å². The summed E-state index contributed by atoms with van der Waals surface area (Å²) in [4.78, 5) is 73.6. The number of ketones is 5. The van der Waals surface area contributed by atoms with E-state index in [0.29, 0.717) is 44.9 Å². The number of ether oxygens (including phenoxy) is 1. The Kier molecular flexibility index (Phi) is 9.99. The van der Waals surface area contributed by atoms with E-state index in [1.807, 2.05) is 13.8 Å². The Labute approximate surface area is 323 Å². The summed E-state index contributed by atoms with van der Waals surface area (Å²) in [6.07, 6.45) is 11.4. The van der Waals surface area contributed by atoms with Gasteiger partial charge >= 0.3 is 5.97 Å². The van der Waals surface area contributed by atoms with Crippen molar-refractivity contribution in [1.82, 2.24) is 0 Å². The lowest BCUT2D eigenvalue weighted by Crippen LogP contribution is -2.62. The summed E-state index contributed by atoms with van der Waals surface area (Å²) in [6.45, 7) is 8.22. The zero-order valence-electron chi connectivity index (χ0n) is 33.2. The SMILES string of the molecule is CC(=O)OCC(=O)[C@@]1(O)CC[C@H]2[C@@H]3CCC4=CC(=O)CC[C@]4(C)[C@H]3C(=O)C[C@@]21C.C[C@]12CCC(=O)C=C1CC[C@@H]1[C@@H]2[C@@H](O)C[C@@]2(C)[C@H]1CC[C@]2(O)C(=O)CO. The molecule has 0 aromatic carbocycles. The third kappa shape index (κ3) is 5.78. The quantitative estimate of drug-likeness (QED) is 0.291. The standard InChI is InChI=1S/C23H30O6.C21H30O5/c1-13(24)29-12-19(27)23(28)9-7-17-16-5-4-14-10-15(25)6-8-21(14,2)20(16)18(26)11-22(17,23)3;1-19-7-5-13(23)9-12(19)3-4-14-15-6-8-21(26,17(25)11-22)20(15,2)10-16(24)18(14)19/h10,16-17,20,28H,4-9,11-12H2,1-3H3;9,14-16,18,22,24,26H,3-8,10-11H2,1-2H3/t16-,17-,20+,21-,22-,23-;14-,15-,16-,18+,19-,20-,21-/m00/s1. The molecule has 11 nitrogen and oxygen atoms in total. The first kappa shape index (κ1) is 40.3. The van der Waals surface area contributed by atoms with Gasteiger partial charge in [-0.1, -0.05) is 38.8 Å². The van der Waals surface area contributed by atoms with Gasteiger partial charge in [0.05, 0.1) is 6.10 Å². The molecule has 302 valence electrons. The number of allylic oxidation sites excluding steroid dienone is 2. The maximum Gasteiger partial charge on any atom is 0.303 e. The Morgan fingerprint density at radius 2 is 1.25 bits per heavy atom. The fourth-order valence-corrected chi connectivity index (χ4v) is 14.4. The van der Waals surface area contributed by atoms with Crippen LogP contribution < -0.4 is 0 Å².